The van der Waals surface area contributed by atoms with Crippen LogP contribution in [0.1, 0.15) is 33.1 Å². The summed E-state index contributed by atoms with van der Waals surface area (Å²) < 4.78 is 0. The van der Waals surface area contributed by atoms with Crippen molar-refractivity contribution in [1.29, 1.82) is 0 Å². The van der Waals surface area contributed by atoms with Crippen molar-refractivity contribution in [2.75, 3.05) is 13.6 Å². The summed E-state index contributed by atoms with van der Waals surface area (Å²) in [4.78, 5) is 24.1. The number of hydrogen-bond acceptors (Lipinski definition) is 5. The number of aliphatic imine (C=N–C) groups is 3. The van der Waals surface area contributed by atoms with Gasteiger partial charge < -0.3 is 16.0 Å². The number of amidine groups is 1. The Morgan fingerprint density at radius 3 is 2.50 bits per heavy atom. The second-order valence-electron chi connectivity index (χ2n) is 5.08. The van der Waals surface area contributed by atoms with Crippen molar-refractivity contribution in [3.63, 3.8) is 0 Å². The molecular formula is C18H29N5O. The third kappa shape index (κ3) is 6.83. The van der Waals surface area contributed by atoms with Crippen LogP contribution in [0.25, 0.3) is 0 Å². The summed E-state index contributed by atoms with van der Waals surface area (Å²) in [6.07, 6.45) is 11.5. The van der Waals surface area contributed by atoms with E-state index in [1.54, 1.807) is 7.05 Å². The van der Waals surface area contributed by atoms with Crippen molar-refractivity contribution < 1.29 is 4.79 Å². The molecule has 3 N–H and O–H groups in total. The van der Waals surface area contributed by atoms with E-state index in [1.165, 1.54) is 0 Å². The topological polar surface area (TPSA) is 92.2 Å². The van der Waals surface area contributed by atoms with Crippen molar-refractivity contribution >= 4 is 24.7 Å². The number of carbonyl (C=O) groups excluding carboxylic acids is 1. The van der Waals surface area contributed by atoms with Crippen LogP contribution >= 0.6 is 0 Å². The zero-order valence-electron chi connectivity index (χ0n) is 15.0. The fourth-order valence-electron chi connectivity index (χ4n) is 1.96. The van der Waals surface area contributed by atoms with E-state index < -0.39 is 5.54 Å². The standard InChI is InChI=1S/C14H20N4O.C4H9N/c1-4-5-8-14(9-6-7-10-15)13(19)17-12(18-14)11(2)16-3;1-3-4-5-2/h4-7H,2-3,8-10,15H2,1H3,(H,17,18,19);4H,3H2,1-2H3/b5-4+,7-6+;. The first kappa shape index (κ1) is 21.7. The normalized spacial score (nSPS) is 20.2. The lowest BCUT2D eigenvalue weighted by molar-refractivity contribution is -0.123. The van der Waals surface area contributed by atoms with Gasteiger partial charge in [-0.25, -0.2) is 4.99 Å². The highest BCUT2D eigenvalue weighted by Gasteiger charge is 2.42. The second kappa shape index (κ2) is 12.1. The lowest BCUT2D eigenvalue weighted by Crippen LogP contribution is -2.39. The Morgan fingerprint density at radius 1 is 1.38 bits per heavy atom. The molecule has 1 unspecified atom stereocenters. The smallest absolute Gasteiger partial charge is 0.254 e. The Morgan fingerprint density at radius 2 is 2.04 bits per heavy atom. The summed E-state index contributed by atoms with van der Waals surface area (Å²) in [7, 11) is 1.78. The molecular weight excluding hydrogens is 302 g/mol. The first-order chi connectivity index (χ1) is 11.5. The van der Waals surface area contributed by atoms with Crippen molar-refractivity contribution in [2.45, 2.75) is 38.6 Å². The third-order valence-corrected chi connectivity index (χ3v) is 3.26. The predicted octanol–water partition coefficient (Wildman–Crippen LogP) is 2.44. The van der Waals surface area contributed by atoms with Crippen LogP contribution in [0.2, 0.25) is 0 Å². The maximum Gasteiger partial charge on any atom is 0.254 e. The van der Waals surface area contributed by atoms with Crippen LogP contribution < -0.4 is 11.1 Å². The van der Waals surface area contributed by atoms with Crippen LogP contribution in [0.15, 0.2) is 51.6 Å². The average Bonchev–Trinajstić information content (AvgIpc) is 2.91. The quantitative estimate of drug-likeness (QED) is 0.528. The number of nitrogens with two attached hydrogens (primary N) is 1. The van der Waals surface area contributed by atoms with Gasteiger partial charge in [-0.05, 0) is 39.1 Å². The molecule has 1 atom stereocenters. The molecule has 1 amide bonds. The van der Waals surface area contributed by atoms with Crippen LogP contribution in [-0.2, 0) is 4.79 Å². The van der Waals surface area contributed by atoms with Crippen LogP contribution in [-0.4, -0.2) is 43.8 Å². The highest BCUT2D eigenvalue weighted by atomic mass is 16.2. The predicted molar refractivity (Wildman–Crippen MR) is 104 cm³/mol. The minimum atomic E-state index is -0.832. The number of allylic oxidation sites excluding steroid dienone is 1. The van der Waals surface area contributed by atoms with Crippen molar-refractivity contribution in [3.05, 3.63) is 36.6 Å². The van der Waals surface area contributed by atoms with Gasteiger partial charge in [-0.2, -0.15) is 0 Å². The average molecular weight is 331 g/mol. The summed E-state index contributed by atoms with van der Waals surface area (Å²) >= 11 is 0. The SMILES string of the molecule is C=NC(=C)C1=NC(C/C=C/C)(C/C=C/CN)C(=O)N1.CCC=NC. The van der Waals surface area contributed by atoms with Gasteiger partial charge >= 0.3 is 0 Å². The molecule has 1 heterocycles. The maximum atomic E-state index is 12.2. The highest BCUT2D eigenvalue weighted by molar-refractivity contribution is 6.15. The molecule has 1 aliphatic heterocycles. The number of hydrogen-bond donors (Lipinski definition) is 2. The molecule has 0 aromatic rings. The van der Waals surface area contributed by atoms with E-state index in [0.717, 1.165) is 6.42 Å². The minimum absolute atomic E-state index is 0.146. The van der Waals surface area contributed by atoms with Crippen molar-refractivity contribution in [3.8, 4) is 0 Å². The zero-order valence-corrected chi connectivity index (χ0v) is 15.0. The summed E-state index contributed by atoms with van der Waals surface area (Å²) in [5.41, 5.74) is 4.96. The van der Waals surface area contributed by atoms with Gasteiger partial charge in [0.25, 0.3) is 5.91 Å². The molecule has 24 heavy (non-hydrogen) atoms. The summed E-state index contributed by atoms with van der Waals surface area (Å²) in [6.45, 7) is 11.5. The van der Waals surface area contributed by atoms with Gasteiger partial charge in [-0.1, -0.05) is 37.8 Å². The van der Waals surface area contributed by atoms with Crippen LogP contribution in [0.5, 0.6) is 0 Å². The molecule has 6 heteroatoms. The van der Waals surface area contributed by atoms with Crippen LogP contribution in [0, 0.1) is 0 Å². The van der Waals surface area contributed by atoms with E-state index in [-0.39, 0.29) is 5.91 Å². The molecule has 0 aromatic carbocycles. The number of rotatable bonds is 8. The van der Waals surface area contributed by atoms with E-state index in [1.807, 2.05) is 37.4 Å². The van der Waals surface area contributed by atoms with Gasteiger partial charge in [-0.3, -0.25) is 9.79 Å². The summed E-state index contributed by atoms with van der Waals surface area (Å²) in [5.74, 6) is 0.248. The van der Waals surface area contributed by atoms with Gasteiger partial charge in [-0.15, -0.1) is 0 Å². The van der Waals surface area contributed by atoms with Gasteiger partial charge in [0.05, 0.1) is 5.70 Å². The fraction of sp³-hybridized carbons (Fsp3) is 0.444. The molecule has 0 spiro atoms. The molecule has 0 bridgehead atoms. The largest absolute Gasteiger partial charge is 0.327 e. The number of nitrogens with one attached hydrogen (secondary N) is 1. The van der Waals surface area contributed by atoms with E-state index in [9.17, 15) is 4.79 Å². The van der Waals surface area contributed by atoms with Crippen molar-refractivity contribution in [1.82, 2.24) is 5.32 Å². The van der Waals surface area contributed by atoms with Gasteiger partial charge in [0, 0.05) is 13.6 Å². The lowest BCUT2D eigenvalue weighted by Gasteiger charge is -2.19. The molecule has 0 saturated carbocycles. The Hall–Kier alpha value is -2.34. The second-order valence-corrected chi connectivity index (χ2v) is 5.08. The van der Waals surface area contributed by atoms with Gasteiger partial charge in [0.15, 0.2) is 5.84 Å². The highest BCUT2D eigenvalue weighted by Crippen LogP contribution is 2.28. The van der Waals surface area contributed by atoms with Crippen LogP contribution in [0.3, 0.4) is 0 Å². The molecule has 0 aromatic heterocycles. The fourth-order valence-corrected chi connectivity index (χ4v) is 1.96. The van der Waals surface area contributed by atoms with E-state index in [0.29, 0.717) is 30.9 Å². The van der Waals surface area contributed by atoms with E-state index >= 15 is 0 Å². The van der Waals surface area contributed by atoms with Crippen molar-refractivity contribution in [2.24, 2.45) is 20.7 Å². The van der Waals surface area contributed by atoms with Gasteiger partial charge in [0.2, 0.25) is 0 Å². The first-order valence-corrected chi connectivity index (χ1v) is 7.95. The first-order valence-electron chi connectivity index (χ1n) is 7.95. The summed E-state index contributed by atoms with van der Waals surface area (Å²) in [6, 6.07) is 0. The minimum Gasteiger partial charge on any atom is -0.327 e. The Bertz CT molecular complexity index is 546. The van der Waals surface area contributed by atoms with Gasteiger partial charge in [0.1, 0.15) is 5.54 Å². The molecule has 6 nitrogen and oxygen atoms in total. The van der Waals surface area contributed by atoms with E-state index in [2.05, 4.69) is 40.5 Å². The summed E-state index contributed by atoms with van der Waals surface area (Å²) in [5, 5.41) is 2.71. The third-order valence-electron chi connectivity index (χ3n) is 3.26. The molecule has 1 rings (SSSR count). The molecule has 0 saturated heterocycles. The van der Waals surface area contributed by atoms with Crippen LogP contribution in [0.4, 0.5) is 0 Å². The monoisotopic (exact) mass is 331 g/mol. The lowest BCUT2D eigenvalue weighted by atomic mass is 9.91. The molecule has 0 radical (unpaired) electrons. The number of carbonyl (C=O) groups is 1. The Labute approximate surface area is 145 Å². The maximum absolute atomic E-state index is 12.2. The zero-order chi connectivity index (χ0) is 18.4. The number of nitrogens with zero attached hydrogens (tertiary/aromatic N) is 3. The van der Waals surface area contributed by atoms with E-state index in [4.69, 9.17) is 5.73 Å². The molecule has 132 valence electrons. The molecule has 0 fully saturated rings. The number of amides is 1. The Kier molecular flexibility index (Phi) is 10.9. The Balaban J connectivity index is 0.000000922. The molecule has 1 aliphatic rings. The molecule has 0 aliphatic carbocycles.